The smallest absolute Gasteiger partial charge is 0.0106 e. The van der Waals surface area contributed by atoms with Crippen molar-refractivity contribution < 1.29 is 0 Å². The summed E-state index contributed by atoms with van der Waals surface area (Å²) in [6, 6.07) is 0. The molecule has 0 spiro atoms. The zero-order chi connectivity index (χ0) is 13.2. The quantitative estimate of drug-likeness (QED) is 0.559. The van der Waals surface area contributed by atoms with Gasteiger partial charge in [-0.15, -0.1) is 0 Å². The van der Waals surface area contributed by atoms with E-state index in [1.807, 2.05) is 0 Å². The predicted octanol–water partition coefficient (Wildman–Crippen LogP) is 4.08. The summed E-state index contributed by atoms with van der Waals surface area (Å²) in [5, 5.41) is 0. The molecule has 0 saturated heterocycles. The van der Waals surface area contributed by atoms with Gasteiger partial charge in [0.05, 0.1) is 0 Å². The van der Waals surface area contributed by atoms with Crippen LogP contribution in [-0.2, 0) is 0 Å². The summed E-state index contributed by atoms with van der Waals surface area (Å²) in [6.07, 6.45) is 1.28. The Morgan fingerprint density at radius 2 is 1.31 bits per heavy atom. The van der Waals surface area contributed by atoms with E-state index >= 15 is 0 Å². The number of nitrogens with zero attached hydrogens (tertiary/aromatic N) is 2. The van der Waals surface area contributed by atoms with Crippen LogP contribution in [0.4, 0.5) is 0 Å². The van der Waals surface area contributed by atoms with Gasteiger partial charge in [-0.3, -0.25) is 0 Å². The molecule has 0 radical (unpaired) electrons. The van der Waals surface area contributed by atoms with E-state index in [-0.39, 0.29) is 0 Å². The van der Waals surface area contributed by atoms with Crippen molar-refractivity contribution >= 4 is 37.2 Å². The highest BCUT2D eigenvalue weighted by molar-refractivity contribution is 15.0. The van der Waals surface area contributed by atoms with Crippen LogP contribution in [0.5, 0.6) is 0 Å². The summed E-state index contributed by atoms with van der Waals surface area (Å²) >= 11 is 4.24. The summed E-state index contributed by atoms with van der Waals surface area (Å²) in [5.41, 5.74) is 0.463. The minimum absolute atomic E-state index is 0.463. The standard InChI is InChI=1S/C12H28N2.I2/c1-7-13(5)10-11-14(6)9-8-12(2,3)4;1-2/h7-11H2,1-6H3;. The summed E-state index contributed by atoms with van der Waals surface area (Å²) < 4.78 is 0. The van der Waals surface area contributed by atoms with E-state index in [0.717, 1.165) is 6.54 Å². The van der Waals surface area contributed by atoms with E-state index in [1.54, 1.807) is 0 Å². The molecular weight excluding hydrogens is 426 g/mol. The van der Waals surface area contributed by atoms with E-state index in [2.05, 4.69) is 88.8 Å². The first-order valence-corrected chi connectivity index (χ1v) is 12.1. The van der Waals surface area contributed by atoms with Crippen LogP contribution in [0.3, 0.4) is 0 Å². The molecule has 2 nitrogen and oxygen atoms in total. The van der Waals surface area contributed by atoms with Crippen molar-refractivity contribution in [2.75, 3.05) is 40.3 Å². The van der Waals surface area contributed by atoms with Gasteiger partial charge >= 0.3 is 0 Å². The fraction of sp³-hybridized carbons (Fsp3) is 1.00. The van der Waals surface area contributed by atoms with E-state index in [0.29, 0.717) is 5.41 Å². The Hall–Kier alpha value is 1.38. The van der Waals surface area contributed by atoms with Crippen LogP contribution in [0.25, 0.3) is 0 Å². The molecule has 0 aromatic carbocycles. The summed E-state index contributed by atoms with van der Waals surface area (Å²) in [4.78, 5) is 4.78. The minimum Gasteiger partial charge on any atom is -0.305 e. The minimum atomic E-state index is 0.463. The van der Waals surface area contributed by atoms with Crippen LogP contribution >= 0.6 is 37.2 Å². The van der Waals surface area contributed by atoms with E-state index in [1.165, 1.54) is 26.1 Å². The normalized spacial score (nSPS) is 11.6. The highest BCUT2D eigenvalue weighted by Gasteiger charge is 2.11. The molecule has 0 N–H and O–H groups in total. The zero-order valence-corrected chi connectivity index (χ0v) is 16.0. The molecule has 0 atom stereocenters. The second-order valence-corrected chi connectivity index (χ2v) is 5.51. The van der Waals surface area contributed by atoms with E-state index in [9.17, 15) is 0 Å². The van der Waals surface area contributed by atoms with E-state index in [4.69, 9.17) is 0 Å². The highest BCUT2D eigenvalue weighted by Crippen LogP contribution is 2.18. The van der Waals surface area contributed by atoms with Crippen LogP contribution in [0.1, 0.15) is 34.1 Å². The van der Waals surface area contributed by atoms with Gasteiger partial charge in [0.15, 0.2) is 0 Å². The first-order chi connectivity index (χ1) is 7.35. The molecule has 0 rings (SSSR count). The number of hydrogen-bond acceptors (Lipinski definition) is 2. The second kappa shape index (κ2) is 11.5. The monoisotopic (exact) mass is 454 g/mol. The molecule has 0 unspecified atom stereocenters. The lowest BCUT2D eigenvalue weighted by atomic mass is 9.92. The molecule has 0 saturated carbocycles. The van der Waals surface area contributed by atoms with Gasteiger partial charge in [-0.2, -0.15) is 0 Å². The fourth-order valence-electron chi connectivity index (χ4n) is 1.14. The van der Waals surface area contributed by atoms with Gasteiger partial charge in [0.25, 0.3) is 0 Å². The third-order valence-corrected chi connectivity index (χ3v) is 2.65. The van der Waals surface area contributed by atoms with Crippen molar-refractivity contribution in [2.24, 2.45) is 5.41 Å². The topological polar surface area (TPSA) is 6.48 Å². The van der Waals surface area contributed by atoms with Gasteiger partial charge < -0.3 is 9.80 Å². The molecule has 100 valence electrons. The summed E-state index contributed by atoms with van der Waals surface area (Å²) in [5.74, 6) is 0. The Bertz CT molecular complexity index is 146. The van der Waals surface area contributed by atoms with Gasteiger partial charge in [0, 0.05) is 50.3 Å². The first kappa shape index (κ1) is 19.7. The van der Waals surface area contributed by atoms with Gasteiger partial charge in [0.2, 0.25) is 0 Å². The largest absolute Gasteiger partial charge is 0.305 e. The summed E-state index contributed by atoms with van der Waals surface area (Å²) in [7, 11) is 4.40. The Labute approximate surface area is 126 Å². The van der Waals surface area contributed by atoms with Gasteiger partial charge in [-0.1, -0.05) is 27.7 Å². The lowest BCUT2D eigenvalue weighted by molar-refractivity contribution is 0.232. The zero-order valence-electron chi connectivity index (χ0n) is 11.7. The van der Waals surface area contributed by atoms with Crippen molar-refractivity contribution in [2.45, 2.75) is 34.1 Å². The number of likely N-dealkylation sites (N-methyl/N-ethyl adjacent to an activating group) is 2. The van der Waals surface area contributed by atoms with Crippen molar-refractivity contribution in [3.63, 3.8) is 0 Å². The molecule has 0 fully saturated rings. The van der Waals surface area contributed by atoms with Crippen LogP contribution in [0.15, 0.2) is 0 Å². The Morgan fingerprint density at radius 1 is 0.875 bits per heavy atom. The lowest BCUT2D eigenvalue weighted by Crippen LogP contribution is -2.32. The molecule has 0 amide bonds. The van der Waals surface area contributed by atoms with Gasteiger partial charge in [-0.25, -0.2) is 0 Å². The maximum Gasteiger partial charge on any atom is 0.0106 e. The summed E-state index contributed by atoms with van der Waals surface area (Å²) in [6.45, 7) is 13.8. The van der Waals surface area contributed by atoms with Gasteiger partial charge in [0.1, 0.15) is 0 Å². The van der Waals surface area contributed by atoms with Crippen molar-refractivity contribution in [3.05, 3.63) is 0 Å². The Kier molecular flexibility index (Phi) is 14.1. The Balaban J connectivity index is 0. The number of hydrogen-bond donors (Lipinski definition) is 0. The fourth-order valence-corrected chi connectivity index (χ4v) is 1.14. The van der Waals surface area contributed by atoms with Crippen LogP contribution in [0.2, 0.25) is 0 Å². The molecule has 0 bridgehead atoms. The maximum atomic E-state index is 2.43. The molecule has 4 heteroatoms. The highest BCUT2D eigenvalue weighted by atomic mass is 128. The molecule has 0 aliphatic rings. The van der Waals surface area contributed by atoms with Crippen LogP contribution in [-0.4, -0.2) is 50.1 Å². The average Bonchev–Trinajstić information content (AvgIpc) is 2.24. The first-order valence-electron chi connectivity index (χ1n) is 5.86. The van der Waals surface area contributed by atoms with E-state index < -0.39 is 0 Å². The number of halogens is 2. The molecule has 0 heterocycles. The van der Waals surface area contributed by atoms with Gasteiger partial charge in [-0.05, 0) is 39.0 Å². The lowest BCUT2D eigenvalue weighted by Gasteiger charge is -2.25. The number of rotatable bonds is 6. The van der Waals surface area contributed by atoms with Crippen molar-refractivity contribution in [3.8, 4) is 0 Å². The molecule has 16 heavy (non-hydrogen) atoms. The van der Waals surface area contributed by atoms with Crippen molar-refractivity contribution in [1.82, 2.24) is 9.80 Å². The molecular formula is C12H28I2N2. The molecule has 0 aliphatic carbocycles. The third-order valence-electron chi connectivity index (χ3n) is 2.65. The average molecular weight is 454 g/mol. The maximum absolute atomic E-state index is 2.43. The van der Waals surface area contributed by atoms with Crippen LogP contribution < -0.4 is 0 Å². The third kappa shape index (κ3) is 15.4. The SMILES string of the molecule is CCN(C)CCN(C)CCC(C)(C)C.II. The van der Waals surface area contributed by atoms with Crippen molar-refractivity contribution in [1.29, 1.82) is 0 Å². The molecule has 0 aromatic rings. The molecule has 0 aromatic heterocycles. The predicted molar refractivity (Wildman–Crippen MR) is 92.8 cm³/mol. The van der Waals surface area contributed by atoms with Crippen LogP contribution in [0, 0.1) is 5.41 Å². The molecule has 0 aliphatic heterocycles. The second-order valence-electron chi connectivity index (χ2n) is 5.51. The Morgan fingerprint density at radius 3 is 1.69 bits per heavy atom.